The third kappa shape index (κ3) is 5.76. The van der Waals surface area contributed by atoms with Crippen molar-refractivity contribution in [1.29, 1.82) is 10.5 Å². The zero-order chi connectivity index (χ0) is 30.5. The van der Waals surface area contributed by atoms with Crippen LogP contribution in [0.3, 0.4) is 0 Å². The van der Waals surface area contributed by atoms with Crippen LogP contribution in [0.15, 0.2) is 120 Å². The lowest BCUT2D eigenvalue weighted by Gasteiger charge is -2.22. The molecule has 1 aliphatic heterocycles. The molecule has 44 heavy (non-hydrogen) atoms. The first kappa shape index (κ1) is 28.3. The van der Waals surface area contributed by atoms with Crippen LogP contribution in [0.5, 0.6) is 11.5 Å². The first-order valence-corrected chi connectivity index (χ1v) is 14.7. The molecule has 0 saturated carbocycles. The molecule has 1 aliphatic rings. The number of thiazole rings is 1. The van der Waals surface area contributed by atoms with Crippen LogP contribution < -0.4 is 30.0 Å². The standard InChI is InChI=1S/C36H26N4O3S/c37-20-30-33(27-13-17-29(18-14-27)43-23-26-9-5-2-6-10-26)31(21-38)36-40(34(30)39)35(41)32(44-36)19-24-11-15-28(16-12-24)42-22-25-7-3-1-4-8-25/h1-19,33H,22-23,39H2/b32-19+. The van der Waals surface area contributed by atoms with E-state index >= 15 is 0 Å². The van der Waals surface area contributed by atoms with Crippen LogP contribution in [0.4, 0.5) is 0 Å². The number of nitriles is 2. The maximum atomic E-state index is 13.5. The van der Waals surface area contributed by atoms with Crippen molar-refractivity contribution in [3.63, 3.8) is 0 Å². The first-order valence-electron chi connectivity index (χ1n) is 13.9. The number of allylic oxidation sites excluding steroid dienone is 1. The van der Waals surface area contributed by atoms with E-state index in [-0.39, 0.29) is 17.0 Å². The Hall–Kier alpha value is -5.83. The van der Waals surface area contributed by atoms with E-state index in [0.29, 0.717) is 45.0 Å². The Morgan fingerprint density at radius 1 is 0.750 bits per heavy atom. The normalized spacial score (nSPS) is 14.5. The van der Waals surface area contributed by atoms with Crippen molar-refractivity contribution in [1.82, 2.24) is 4.57 Å². The van der Waals surface area contributed by atoms with Gasteiger partial charge in [-0.05, 0) is 52.6 Å². The zero-order valence-electron chi connectivity index (χ0n) is 23.5. The van der Waals surface area contributed by atoms with Crippen molar-refractivity contribution in [3.05, 3.63) is 157 Å². The molecule has 2 heterocycles. The van der Waals surface area contributed by atoms with Crippen molar-refractivity contribution >= 4 is 28.8 Å². The molecule has 1 aromatic heterocycles. The van der Waals surface area contributed by atoms with Gasteiger partial charge in [0.15, 0.2) is 0 Å². The minimum atomic E-state index is -0.708. The molecule has 0 radical (unpaired) electrons. The summed E-state index contributed by atoms with van der Waals surface area (Å²) in [4.78, 5) is 13.5. The predicted octanol–water partition coefficient (Wildman–Crippen LogP) is 5.02. The van der Waals surface area contributed by atoms with E-state index in [2.05, 4.69) is 12.1 Å². The van der Waals surface area contributed by atoms with Gasteiger partial charge in [0.1, 0.15) is 35.2 Å². The Kier molecular flexibility index (Phi) is 8.09. The summed E-state index contributed by atoms with van der Waals surface area (Å²) in [7, 11) is 0. The molecule has 0 bridgehead atoms. The Morgan fingerprint density at radius 3 is 1.80 bits per heavy atom. The average molecular weight is 595 g/mol. The topological polar surface area (TPSA) is 114 Å². The van der Waals surface area contributed by atoms with Crippen molar-refractivity contribution in [2.24, 2.45) is 5.73 Å². The highest BCUT2D eigenvalue weighted by Crippen LogP contribution is 2.36. The lowest BCUT2D eigenvalue weighted by atomic mass is 9.84. The fourth-order valence-corrected chi connectivity index (χ4v) is 6.16. The van der Waals surface area contributed by atoms with E-state index in [0.717, 1.165) is 16.7 Å². The molecule has 2 N–H and O–H groups in total. The molecular formula is C36H26N4O3S. The molecule has 0 saturated heterocycles. The molecule has 0 spiro atoms. The summed E-state index contributed by atoms with van der Waals surface area (Å²) in [5.41, 5.74) is 10.1. The van der Waals surface area contributed by atoms with Crippen molar-refractivity contribution in [2.75, 3.05) is 0 Å². The Morgan fingerprint density at radius 2 is 1.27 bits per heavy atom. The number of aromatic nitrogens is 1. The van der Waals surface area contributed by atoms with Gasteiger partial charge in [-0.25, -0.2) is 0 Å². The van der Waals surface area contributed by atoms with Crippen LogP contribution in [0.25, 0.3) is 17.5 Å². The minimum absolute atomic E-state index is 0.0291. The average Bonchev–Trinajstić information content (AvgIpc) is 3.40. The molecule has 5 aromatic rings. The van der Waals surface area contributed by atoms with Gasteiger partial charge in [-0.15, -0.1) is 11.3 Å². The monoisotopic (exact) mass is 594 g/mol. The van der Waals surface area contributed by atoms with E-state index < -0.39 is 5.92 Å². The molecule has 1 atom stereocenters. The second-order valence-corrected chi connectivity index (χ2v) is 11.1. The fraction of sp³-hybridized carbons (Fsp3) is 0.0833. The lowest BCUT2D eigenvalue weighted by Crippen LogP contribution is -2.38. The van der Waals surface area contributed by atoms with Crippen LogP contribution in [0, 0.1) is 22.7 Å². The van der Waals surface area contributed by atoms with Gasteiger partial charge in [0, 0.05) is 0 Å². The second kappa shape index (κ2) is 12.6. The molecule has 6 rings (SSSR count). The number of hydrogen-bond acceptors (Lipinski definition) is 7. The van der Waals surface area contributed by atoms with Crippen LogP contribution in [0.2, 0.25) is 0 Å². The molecule has 1 unspecified atom stereocenters. The summed E-state index contributed by atoms with van der Waals surface area (Å²) in [6.45, 7) is 0.868. The third-order valence-corrected chi connectivity index (χ3v) is 8.39. The number of hydrogen-bond donors (Lipinski definition) is 1. The largest absolute Gasteiger partial charge is 0.489 e. The number of rotatable bonds is 8. The Bertz CT molecular complexity index is 2100. The lowest BCUT2D eigenvalue weighted by molar-refractivity contribution is 0.306. The highest BCUT2D eigenvalue weighted by molar-refractivity contribution is 7.07. The molecule has 4 aromatic carbocycles. The van der Waals surface area contributed by atoms with Gasteiger partial charge in [0.2, 0.25) is 0 Å². The molecule has 0 amide bonds. The highest BCUT2D eigenvalue weighted by Gasteiger charge is 2.32. The Balaban J connectivity index is 1.30. The quantitative estimate of drug-likeness (QED) is 0.270. The molecular weight excluding hydrogens is 568 g/mol. The predicted molar refractivity (Wildman–Crippen MR) is 171 cm³/mol. The summed E-state index contributed by atoms with van der Waals surface area (Å²) < 4.78 is 13.9. The van der Waals surface area contributed by atoms with E-state index in [1.807, 2.05) is 97.1 Å². The van der Waals surface area contributed by atoms with Gasteiger partial charge in [-0.1, -0.05) is 84.9 Å². The number of fused-ring (bicyclic) bond motifs is 1. The summed E-state index contributed by atoms with van der Waals surface area (Å²) in [6, 6.07) is 38.8. The first-order chi connectivity index (χ1) is 21.6. The van der Waals surface area contributed by atoms with Gasteiger partial charge >= 0.3 is 0 Å². The van der Waals surface area contributed by atoms with E-state index in [9.17, 15) is 15.3 Å². The zero-order valence-corrected chi connectivity index (χ0v) is 24.3. The van der Waals surface area contributed by atoms with Gasteiger partial charge in [0.05, 0.1) is 33.7 Å². The number of nitrogens with zero attached hydrogens (tertiary/aromatic N) is 3. The van der Waals surface area contributed by atoms with Crippen molar-refractivity contribution < 1.29 is 9.47 Å². The molecule has 0 aliphatic carbocycles. The van der Waals surface area contributed by atoms with Gasteiger partial charge in [-0.2, -0.15) is 10.5 Å². The highest BCUT2D eigenvalue weighted by atomic mass is 32.1. The summed E-state index contributed by atoms with van der Waals surface area (Å²) >= 11 is 1.18. The molecule has 0 fully saturated rings. The van der Waals surface area contributed by atoms with Crippen molar-refractivity contribution in [3.8, 4) is 23.6 Å². The van der Waals surface area contributed by atoms with E-state index in [4.69, 9.17) is 15.2 Å². The second-order valence-electron chi connectivity index (χ2n) is 10.1. The van der Waals surface area contributed by atoms with E-state index in [1.54, 1.807) is 18.2 Å². The van der Waals surface area contributed by atoms with E-state index in [1.165, 1.54) is 15.9 Å². The van der Waals surface area contributed by atoms with Crippen LogP contribution in [-0.2, 0) is 13.2 Å². The molecule has 8 heteroatoms. The molecule has 7 nitrogen and oxygen atoms in total. The van der Waals surface area contributed by atoms with Crippen molar-refractivity contribution in [2.45, 2.75) is 19.1 Å². The summed E-state index contributed by atoms with van der Waals surface area (Å²) in [6.07, 6.45) is 1.75. The minimum Gasteiger partial charge on any atom is -0.489 e. The van der Waals surface area contributed by atoms with Gasteiger partial charge < -0.3 is 15.2 Å². The van der Waals surface area contributed by atoms with Crippen LogP contribution >= 0.6 is 11.3 Å². The summed E-state index contributed by atoms with van der Waals surface area (Å²) in [5, 5.41) is 20.4. The SMILES string of the molecule is N#CC1=C(N)n2c(s/c(=C/c3ccc(OCc4ccccc4)cc3)c2=O)=C(C#N)C1c1ccc(OCc2ccccc2)cc1. The molecule has 214 valence electrons. The fourth-order valence-electron chi connectivity index (χ4n) is 5.03. The smallest absolute Gasteiger partial charge is 0.274 e. The number of ether oxygens (including phenoxy) is 2. The van der Waals surface area contributed by atoms with Gasteiger partial charge in [-0.3, -0.25) is 9.36 Å². The summed E-state index contributed by atoms with van der Waals surface area (Å²) in [5.74, 6) is 0.684. The van der Waals surface area contributed by atoms with Gasteiger partial charge in [0.25, 0.3) is 5.56 Å². The maximum absolute atomic E-state index is 13.5. The Labute approximate surface area is 257 Å². The third-order valence-electron chi connectivity index (χ3n) is 7.28. The van der Waals surface area contributed by atoms with Crippen LogP contribution in [-0.4, -0.2) is 4.57 Å². The number of nitrogens with two attached hydrogens (primary N) is 1. The van der Waals surface area contributed by atoms with Crippen LogP contribution in [0.1, 0.15) is 28.2 Å². The number of benzene rings is 4. The maximum Gasteiger partial charge on any atom is 0.274 e.